The smallest absolute Gasteiger partial charge is 0.181 e. The monoisotopic (exact) mass is 213 g/mol. The van der Waals surface area contributed by atoms with Gasteiger partial charge in [-0.25, -0.2) is 9.97 Å². The zero-order valence-corrected chi connectivity index (χ0v) is 8.16. The molecular weight excluding hydrogens is 206 g/mol. The number of fused-ring (bicyclic) bond motifs is 1. The predicted octanol–water partition coefficient (Wildman–Crippen LogP) is 1.26. The van der Waals surface area contributed by atoms with Gasteiger partial charge in [0, 0.05) is 5.56 Å². The van der Waals surface area contributed by atoms with E-state index in [-0.39, 0.29) is 0 Å². The van der Waals surface area contributed by atoms with Crippen LogP contribution in [0.2, 0.25) is 0 Å². The molecule has 0 aliphatic rings. The number of nitrogens with zero attached hydrogens (tertiary/aromatic N) is 4. The van der Waals surface area contributed by atoms with E-state index in [1.54, 1.807) is 0 Å². The third-order valence-corrected chi connectivity index (χ3v) is 2.25. The highest BCUT2D eigenvalue weighted by atomic mass is 16.3. The first-order chi connectivity index (χ1) is 7.84. The molecule has 0 saturated carbocycles. The lowest BCUT2D eigenvalue weighted by Crippen LogP contribution is -1.98. The molecular formula is C10H7N5O. The maximum Gasteiger partial charge on any atom is 0.181 e. The topological polar surface area (TPSA) is 90.7 Å². The molecule has 0 fully saturated rings. The molecule has 1 aromatic carbocycles. The summed E-state index contributed by atoms with van der Waals surface area (Å²) in [4.78, 5) is 7.91. The van der Waals surface area contributed by atoms with Crippen molar-refractivity contribution in [3.63, 3.8) is 0 Å². The van der Waals surface area contributed by atoms with Crippen molar-refractivity contribution in [2.24, 2.45) is 0 Å². The van der Waals surface area contributed by atoms with Crippen LogP contribution in [0.3, 0.4) is 0 Å². The molecule has 3 aromatic rings. The summed E-state index contributed by atoms with van der Waals surface area (Å²) in [6, 6.07) is 5.50. The van der Waals surface area contributed by atoms with Crippen LogP contribution in [0.5, 0.6) is 0 Å². The van der Waals surface area contributed by atoms with Crippen LogP contribution in [0, 0.1) is 0 Å². The standard InChI is InChI=1S/C10H7N5O/c11-10-9(15-14-4-12-10)6-1-2-7-8(3-6)16-5-13-7/h1-5H,(H2,11,12,14). The van der Waals surface area contributed by atoms with Crippen LogP contribution in [-0.2, 0) is 0 Å². The summed E-state index contributed by atoms with van der Waals surface area (Å²) in [5.41, 5.74) is 8.54. The average molecular weight is 213 g/mol. The molecule has 0 spiro atoms. The maximum absolute atomic E-state index is 5.71. The normalized spacial score (nSPS) is 10.8. The van der Waals surface area contributed by atoms with Crippen LogP contribution in [0.25, 0.3) is 22.4 Å². The summed E-state index contributed by atoms with van der Waals surface area (Å²) < 4.78 is 5.20. The van der Waals surface area contributed by atoms with Crippen LogP contribution in [0.1, 0.15) is 0 Å². The van der Waals surface area contributed by atoms with Crippen LogP contribution in [0.15, 0.2) is 35.3 Å². The molecule has 0 saturated heterocycles. The molecule has 0 unspecified atom stereocenters. The molecule has 78 valence electrons. The van der Waals surface area contributed by atoms with Crippen molar-refractivity contribution in [3.05, 3.63) is 30.9 Å². The van der Waals surface area contributed by atoms with Gasteiger partial charge in [-0.3, -0.25) is 0 Å². The SMILES string of the molecule is Nc1ncnnc1-c1ccc2ncoc2c1. The number of benzene rings is 1. The van der Waals surface area contributed by atoms with Crippen molar-refractivity contribution in [3.8, 4) is 11.3 Å². The van der Waals surface area contributed by atoms with Crippen LogP contribution >= 0.6 is 0 Å². The number of hydrogen-bond donors (Lipinski definition) is 1. The van der Waals surface area contributed by atoms with E-state index in [1.165, 1.54) is 12.7 Å². The van der Waals surface area contributed by atoms with Crippen molar-refractivity contribution in [2.45, 2.75) is 0 Å². The molecule has 0 atom stereocenters. The van der Waals surface area contributed by atoms with Gasteiger partial charge in [-0.05, 0) is 12.1 Å². The Morgan fingerprint density at radius 3 is 3.00 bits per heavy atom. The minimum Gasteiger partial charge on any atom is -0.443 e. The van der Waals surface area contributed by atoms with E-state index >= 15 is 0 Å². The lowest BCUT2D eigenvalue weighted by molar-refractivity contribution is 0.602. The second-order valence-electron chi connectivity index (χ2n) is 3.23. The molecule has 0 bridgehead atoms. The highest BCUT2D eigenvalue weighted by Gasteiger charge is 2.07. The summed E-state index contributed by atoms with van der Waals surface area (Å²) in [6.07, 6.45) is 2.71. The number of nitrogen functional groups attached to an aromatic ring is 1. The van der Waals surface area contributed by atoms with Crippen molar-refractivity contribution in [2.75, 3.05) is 5.73 Å². The van der Waals surface area contributed by atoms with Crippen molar-refractivity contribution >= 4 is 16.9 Å². The molecule has 2 heterocycles. The van der Waals surface area contributed by atoms with Gasteiger partial charge >= 0.3 is 0 Å². The fraction of sp³-hybridized carbons (Fsp3) is 0. The molecule has 0 aliphatic carbocycles. The predicted molar refractivity (Wildman–Crippen MR) is 57.2 cm³/mol. The summed E-state index contributed by atoms with van der Waals surface area (Å²) in [5, 5.41) is 7.64. The lowest BCUT2D eigenvalue weighted by Gasteiger charge is -2.01. The number of nitrogens with two attached hydrogens (primary N) is 1. The van der Waals surface area contributed by atoms with Crippen LogP contribution in [-0.4, -0.2) is 20.2 Å². The van der Waals surface area contributed by atoms with Crippen molar-refractivity contribution < 1.29 is 4.42 Å². The molecule has 6 nitrogen and oxygen atoms in total. The van der Waals surface area contributed by atoms with Gasteiger partial charge in [-0.1, -0.05) is 6.07 Å². The van der Waals surface area contributed by atoms with E-state index in [9.17, 15) is 0 Å². The summed E-state index contributed by atoms with van der Waals surface area (Å²) in [6.45, 7) is 0. The van der Waals surface area contributed by atoms with E-state index in [4.69, 9.17) is 10.2 Å². The van der Waals surface area contributed by atoms with E-state index < -0.39 is 0 Å². The van der Waals surface area contributed by atoms with Crippen LogP contribution in [0.4, 0.5) is 5.82 Å². The fourth-order valence-electron chi connectivity index (χ4n) is 1.49. The zero-order valence-electron chi connectivity index (χ0n) is 8.16. The average Bonchev–Trinajstić information content (AvgIpc) is 2.76. The quantitative estimate of drug-likeness (QED) is 0.654. The van der Waals surface area contributed by atoms with Gasteiger partial charge in [0.05, 0.1) is 0 Å². The molecule has 2 N–H and O–H groups in total. The molecule has 0 aliphatic heterocycles. The Morgan fingerprint density at radius 2 is 2.12 bits per heavy atom. The molecule has 0 amide bonds. The van der Waals surface area contributed by atoms with E-state index in [0.717, 1.165) is 11.1 Å². The van der Waals surface area contributed by atoms with Gasteiger partial charge in [-0.2, -0.15) is 0 Å². The Kier molecular flexibility index (Phi) is 1.79. The third-order valence-electron chi connectivity index (χ3n) is 2.25. The lowest BCUT2D eigenvalue weighted by atomic mass is 10.1. The van der Waals surface area contributed by atoms with Gasteiger partial charge in [0.1, 0.15) is 17.5 Å². The van der Waals surface area contributed by atoms with E-state index in [0.29, 0.717) is 17.1 Å². The molecule has 16 heavy (non-hydrogen) atoms. The first-order valence-corrected chi connectivity index (χ1v) is 4.61. The Hall–Kier alpha value is -2.50. The van der Waals surface area contributed by atoms with Gasteiger partial charge in [0.25, 0.3) is 0 Å². The van der Waals surface area contributed by atoms with Crippen molar-refractivity contribution in [1.82, 2.24) is 20.2 Å². The maximum atomic E-state index is 5.71. The Balaban J connectivity index is 2.22. The number of hydrogen-bond acceptors (Lipinski definition) is 6. The number of rotatable bonds is 1. The number of anilines is 1. The van der Waals surface area contributed by atoms with Gasteiger partial charge in [0.15, 0.2) is 17.8 Å². The Labute approximate surface area is 90.2 Å². The van der Waals surface area contributed by atoms with E-state index in [1.807, 2.05) is 18.2 Å². The van der Waals surface area contributed by atoms with Crippen molar-refractivity contribution in [1.29, 1.82) is 0 Å². The second kappa shape index (κ2) is 3.27. The summed E-state index contributed by atoms with van der Waals surface area (Å²) in [7, 11) is 0. The molecule has 2 aromatic heterocycles. The van der Waals surface area contributed by atoms with Crippen LogP contribution < -0.4 is 5.73 Å². The highest BCUT2D eigenvalue weighted by molar-refractivity contribution is 5.81. The zero-order chi connectivity index (χ0) is 11.0. The minimum absolute atomic E-state index is 0.342. The highest BCUT2D eigenvalue weighted by Crippen LogP contribution is 2.24. The minimum atomic E-state index is 0.342. The number of aromatic nitrogens is 4. The largest absolute Gasteiger partial charge is 0.443 e. The Bertz CT molecular complexity index is 648. The summed E-state index contributed by atoms with van der Waals surface area (Å²) >= 11 is 0. The first-order valence-electron chi connectivity index (χ1n) is 4.61. The summed E-state index contributed by atoms with van der Waals surface area (Å²) in [5.74, 6) is 0.342. The Morgan fingerprint density at radius 1 is 1.19 bits per heavy atom. The van der Waals surface area contributed by atoms with Gasteiger partial charge < -0.3 is 10.2 Å². The second-order valence-corrected chi connectivity index (χ2v) is 3.23. The van der Waals surface area contributed by atoms with E-state index in [2.05, 4.69) is 20.2 Å². The molecule has 3 rings (SSSR count). The molecule has 6 heteroatoms. The molecule has 0 radical (unpaired) electrons. The third kappa shape index (κ3) is 1.28. The van der Waals surface area contributed by atoms with Gasteiger partial charge in [-0.15, -0.1) is 10.2 Å². The first kappa shape index (κ1) is 8.78. The number of oxazole rings is 1. The fourth-order valence-corrected chi connectivity index (χ4v) is 1.49. The van der Waals surface area contributed by atoms with Gasteiger partial charge in [0.2, 0.25) is 0 Å².